The predicted molar refractivity (Wildman–Crippen MR) is 73.7 cm³/mol. The third kappa shape index (κ3) is 2.19. The van der Waals surface area contributed by atoms with Gasteiger partial charge in [-0.3, -0.25) is 5.10 Å². The zero-order valence-corrected chi connectivity index (χ0v) is 10.9. The fourth-order valence-corrected chi connectivity index (χ4v) is 2.55. The lowest BCUT2D eigenvalue weighted by Crippen LogP contribution is -1.89. The van der Waals surface area contributed by atoms with Crippen LogP contribution < -0.4 is 0 Å². The lowest BCUT2D eigenvalue weighted by molar-refractivity contribution is 1.04. The van der Waals surface area contributed by atoms with Crippen molar-refractivity contribution in [2.75, 3.05) is 0 Å². The lowest BCUT2D eigenvalue weighted by atomic mass is 10.0. The third-order valence-electron chi connectivity index (χ3n) is 2.96. The average molecular weight is 255 g/mol. The third-order valence-corrected chi connectivity index (χ3v) is 3.78. The summed E-state index contributed by atoms with van der Waals surface area (Å²) in [4.78, 5) is 4.31. The van der Waals surface area contributed by atoms with E-state index in [-0.39, 0.29) is 0 Å². The Morgan fingerprint density at radius 1 is 1.22 bits per heavy atom. The van der Waals surface area contributed by atoms with Gasteiger partial charge in [-0.2, -0.15) is 5.10 Å². The maximum atomic E-state index is 4.31. The summed E-state index contributed by atoms with van der Waals surface area (Å²) < 4.78 is 0. The predicted octanol–water partition coefficient (Wildman–Crippen LogP) is 3.43. The Morgan fingerprint density at radius 2 is 2.06 bits per heavy atom. The summed E-state index contributed by atoms with van der Waals surface area (Å²) in [6, 6.07) is 8.57. The summed E-state index contributed by atoms with van der Waals surface area (Å²) in [6.45, 7) is 2.05. The van der Waals surface area contributed by atoms with Gasteiger partial charge in [-0.1, -0.05) is 24.3 Å². The van der Waals surface area contributed by atoms with Crippen LogP contribution in [0.4, 0.5) is 0 Å². The van der Waals surface area contributed by atoms with Gasteiger partial charge < -0.3 is 0 Å². The smallest absolute Gasteiger partial charge is 0.123 e. The van der Waals surface area contributed by atoms with Crippen molar-refractivity contribution in [1.29, 1.82) is 0 Å². The number of thiazole rings is 1. The second kappa shape index (κ2) is 4.74. The SMILES string of the molecule is Cc1[nH]ncc1Cc1ccc(-c2nccs2)cc1. The number of benzene rings is 1. The minimum atomic E-state index is 0.917. The van der Waals surface area contributed by atoms with E-state index in [0.29, 0.717) is 0 Å². The molecule has 1 aromatic carbocycles. The van der Waals surface area contributed by atoms with E-state index in [2.05, 4.69) is 39.4 Å². The first-order chi connectivity index (χ1) is 8.83. The first-order valence-electron chi connectivity index (χ1n) is 5.80. The first-order valence-corrected chi connectivity index (χ1v) is 6.68. The van der Waals surface area contributed by atoms with Crippen LogP contribution in [0.2, 0.25) is 0 Å². The van der Waals surface area contributed by atoms with Crippen LogP contribution in [0.1, 0.15) is 16.8 Å². The first kappa shape index (κ1) is 11.2. The van der Waals surface area contributed by atoms with Crippen molar-refractivity contribution >= 4 is 11.3 Å². The second-order valence-corrected chi connectivity index (χ2v) is 5.13. The van der Waals surface area contributed by atoms with Gasteiger partial charge in [-0.15, -0.1) is 11.3 Å². The van der Waals surface area contributed by atoms with Crippen LogP contribution >= 0.6 is 11.3 Å². The van der Waals surface area contributed by atoms with Crippen LogP contribution in [-0.2, 0) is 6.42 Å². The Labute approximate surface area is 110 Å². The van der Waals surface area contributed by atoms with Crippen molar-refractivity contribution in [2.24, 2.45) is 0 Å². The van der Waals surface area contributed by atoms with E-state index >= 15 is 0 Å². The average Bonchev–Trinajstić information content (AvgIpc) is 3.03. The van der Waals surface area contributed by atoms with E-state index in [4.69, 9.17) is 0 Å². The van der Waals surface area contributed by atoms with Crippen LogP contribution in [-0.4, -0.2) is 15.2 Å². The minimum absolute atomic E-state index is 0.917. The molecule has 0 saturated heterocycles. The molecule has 0 aliphatic heterocycles. The van der Waals surface area contributed by atoms with Gasteiger partial charge >= 0.3 is 0 Å². The number of hydrogen-bond donors (Lipinski definition) is 1. The molecule has 1 N–H and O–H groups in total. The summed E-state index contributed by atoms with van der Waals surface area (Å²) in [5.74, 6) is 0. The summed E-state index contributed by atoms with van der Waals surface area (Å²) >= 11 is 1.66. The Kier molecular flexibility index (Phi) is 2.94. The zero-order chi connectivity index (χ0) is 12.4. The molecule has 0 fully saturated rings. The molecule has 0 aliphatic rings. The molecule has 3 rings (SSSR count). The Balaban J connectivity index is 1.81. The fourth-order valence-electron chi connectivity index (χ4n) is 1.90. The van der Waals surface area contributed by atoms with Crippen molar-refractivity contribution in [3.8, 4) is 10.6 Å². The highest BCUT2D eigenvalue weighted by Crippen LogP contribution is 2.22. The summed E-state index contributed by atoms with van der Waals surface area (Å²) in [6.07, 6.45) is 4.65. The molecule has 0 spiro atoms. The molecule has 0 bridgehead atoms. The van der Waals surface area contributed by atoms with Crippen LogP contribution in [0.25, 0.3) is 10.6 Å². The maximum Gasteiger partial charge on any atom is 0.123 e. The standard InChI is InChI=1S/C14H13N3S/c1-10-13(9-16-17-10)8-11-2-4-12(5-3-11)14-15-6-7-18-14/h2-7,9H,8H2,1H3,(H,16,17). The van der Waals surface area contributed by atoms with Gasteiger partial charge in [0.25, 0.3) is 0 Å². The zero-order valence-electron chi connectivity index (χ0n) is 10.1. The van der Waals surface area contributed by atoms with E-state index in [0.717, 1.165) is 17.1 Å². The lowest BCUT2D eigenvalue weighted by Gasteiger charge is -2.02. The summed E-state index contributed by atoms with van der Waals surface area (Å²) in [5.41, 5.74) is 4.86. The van der Waals surface area contributed by atoms with E-state index < -0.39 is 0 Å². The monoisotopic (exact) mass is 255 g/mol. The van der Waals surface area contributed by atoms with Gasteiger partial charge in [0.15, 0.2) is 0 Å². The molecule has 2 aromatic heterocycles. The molecular formula is C14H13N3S. The number of aromatic nitrogens is 3. The van der Waals surface area contributed by atoms with Gasteiger partial charge in [-0.05, 0) is 18.1 Å². The topological polar surface area (TPSA) is 41.6 Å². The molecule has 0 aliphatic carbocycles. The van der Waals surface area contributed by atoms with Crippen LogP contribution in [0, 0.1) is 6.92 Å². The van der Waals surface area contributed by atoms with E-state index in [1.807, 2.05) is 24.7 Å². The molecule has 4 heteroatoms. The van der Waals surface area contributed by atoms with E-state index in [1.165, 1.54) is 16.7 Å². The molecule has 0 radical (unpaired) electrons. The number of aromatic amines is 1. The molecule has 90 valence electrons. The van der Waals surface area contributed by atoms with Crippen molar-refractivity contribution in [3.05, 3.63) is 58.9 Å². The van der Waals surface area contributed by atoms with E-state index in [1.54, 1.807) is 11.3 Å². The second-order valence-electron chi connectivity index (χ2n) is 4.23. The highest BCUT2D eigenvalue weighted by atomic mass is 32.1. The van der Waals surface area contributed by atoms with E-state index in [9.17, 15) is 0 Å². The van der Waals surface area contributed by atoms with Crippen molar-refractivity contribution in [1.82, 2.24) is 15.2 Å². The quantitative estimate of drug-likeness (QED) is 0.779. The highest BCUT2D eigenvalue weighted by molar-refractivity contribution is 7.13. The van der Waals surface area contributed by atoms with Gasteiger partial charge in [0.1, 0.15) is 5.01 Å². The Bertz CT molecular complexity index is 623. The van der Waals surface area contributed by atoms with Crippen LogP contribution in [0.15, 0.2) is 42.0 Å². The minimum Gasteiger partial charge on any atom is -0.283 e. The summed E-state index contributed by atoms with van der Waals surface area (Å²) in [5, 5.41) is 10.1. The van der Waals surface area contributed by atoms with Crippen molar-refractivity contribution in [2.45, 2.75) is 13.3 Å². The number of nitrogens with one attached hydrogen (secondary N) is 1. The largest absolute Gasteiger partial charge is 0.283 e. The molecule has 0 saturated carbocycles. The molecule has 18 heavy (non-hydrogen) atoms. The molecule has 2 heterocycles. The highest BCUT2D eigenvalue weighted by Gasteiger charge is 2.03. The Hall–Kier alpha value is -1.94. The van der Waals surface area contributed by atoms with Gasteiger partial charge in [-0.25, -0.2) is 4.98 Å². The number of H-pyrrole nitrogens is 1. The molecule has 0 unspecified atom stereocenters. The number of nitrogens with zero attached hydrogens (tertiary/aromatic N) is 2. The molecule has 3 aromatic rings. The van der Waals surface area contributed by atoms with Crippen molar-refractivity contribution in [3.63, 3.8) is 0 Å². The summed E-state index contributed by atoms with van der Waals surface area (Å²) in [7, 11) is 0. The van der Waals surface area contributed by atoms with Crippen LogP contribution in [0.3, 0.4) is 0 Å². The number of rotatable bonds is 3. The number of hydrogen-bond acceptors (Lipinski definition) is 3. The maximum absolute atomic E-state index is 4.31. The van der Waals surface area contributed by atoms with Crippen LogP contribution in [0.5, 0.6) is 0 Å². The molecule has 0 amide bonds. The molecule has 0 atom stereocenters. The van der Waals surface area contributed by atoms with Gasteiger partial charge in [0, 0.05) is 29.3 Å². The normalized spacial score (nSPS) is 10.7. The Morgan fingerprint density at radius 3 is 2.67 bits per heavy atom. The fraction of sp³-hybridized carbons (Fsp3) is 0.143. The van der Waals surface area contributed by atoms with Gasteiger partial charge in [0.05, 0.1) is 6.20 Å². The van der Waals surface area contributed by atoms with Gasteiger partial charge in [0.2, 0.25) is 0 Å². The molecule has 3 nitrogen and oxygen atoms in total. The molecular weight excluding hydrogens is 242 g/mol. The van der Waals surface area contributed by atoms with Crippen molar-refractivity contribution < 1.29 is 0 Å². The number of aryl methyl sites for hydroxylation is 1.